The second kappa shape index (κ2) is 24.8. The Morgan fingerprint density at radius 2 is 0.388 bits per heavy atom. The third-order valence-electron chi connectivity index (χ3n) is 21.4. The Labute approximate surface area is 496 Å². The van der Waals surface area contributed by atoms with Crippen molar-refractivity contribution in [2.45, 2.75) is 227 Å². The van der Waals surface area contributed by atoms with E-state index in [1.54, 1.807) is 49.0 Å². The van der Waals surface area contributed by atoms with Gasteiger partial charge in [0, 0.05) is 72.0 Å². The summed E-state index contributed by atoms with van der Waals surface area (Å²) in [5, 5.41) is 3.26. The van der Waals surface area contributed by atoms with Crippen LogP contribution in [-0.2, 0) is 57.5 Å². The average Bonchev–Trinajstić information content (AvgIpc) is 4.28. The van der Waals surface area contributed by atoms with Gasteiger partial charge in [0.25, 0.3) is 0 Å². The minimum Gasteiger partial charge on any atom is -0.368 e. The normalized spacial score (nSPS) is 33.2. The molecule has 12 aliphatic heterocycles. The molecule has 85 heavy (non-hydrogen) atoms. The van der Waals surface area contributed by atoms with Crippen molar-refractivity contribution in [2.24, 2.45) is 5.73 Å². The monoisotopic (exact) mass is 1180 g/mol. The van der Waals surface area contributed by atoms with E-state index in [1.165, 1.54) is 4.90 Å². The number of carbonyl (C=O) groups excluding carboxylic acids is 12. The predicted octanol–water partition coefficient (Wildman–Crippen LogP) is -0.875. The van der Waals surface area contributed by atoms with Gasteiger partial charge in [-0.2, -0.15) is 0 Å². The molecule has 12 amide bonds. The van der Waals surface area contributed by atoms with Crippen LogP contribution < -0.4 is 11.1 Å². The van der Waals surface area contributed by atoms with Crippen LogP contribution in [-0.4, -0.2) is 276 Å². The van der Waals surface area contributed by atoms with Crippen molar-refractivity contribution in [3.63, 3.8) is 0 Å². The Hall–Kier alpha value is -6.40. The zero-order chi connectivity index (χ0) is 59.4. The van der Waals surface area contributed by atoms with Crippen molar-refractivity contribution in [3.05, 3.63) is 0 Å². The third kappa shape index (κ3) is 10.8. The fourth-order valence-corrected chi connectivity index (χ4v) is 17.2. The summed E-state index contributed by atoms with van der Waals surface area (Å²) in [6.45, 7) is 4.64. The first-order chi connectivity index (χ1) is 41.1. The molecule has 464 valence electrons. The second-order valence-corrected chi connectivity index (χ2v) is 26.1. The summed E-state index contributed by atoms with van der Waals surface area (Å²) < 4.78 is 0. The molecule has 0 bridgehead atoms. The van der Waals surface area contributed by atoms with Gasteiger partial charge in [-0.1, -0.05) is 0 Å². The lowest BCUT2D eigenvalue weighted by Gasteiger charge is -2.38. The van der Waals surface area contributed by atoms with Crippen molar-refractivity contribution >= 4 is 70.9 Å². The first-order valence-corrected chi connectivity index (χ1v) is 32.5. The van der Waals surface area contributed by atoms with Crippen LogP contribution in [0.3, 0.4) is 0 Å². The minimum atomic E-state index is -0.852. The van der Waals surface area contributed by atoms with E-state index in [9.17, 15) is 57.5 Å². The molecule has 12 fully saturated rings. The number of hydrogen-bond donors (Lipinski definition) is 2. The molecule has 0 aromatic heterocycles. The lowest BCUT2D eigenvalue weighted by Crippen LogP contribution is -2.59. The smallest absolute Gasteiger partial charge is 0.246 e. The van der Waals surface area contributed by atoms with E-state index in [0.717, 1.165) is 19.4 Å². The van der Waals surface area contributed by atoms with Crippen LogP contribution in [0.1, 0.15) is 154 Å². The molecule has 0 radical (unpaired) electrons. The summed E-state index contributed by atoms with van der Waals surface area (Å²) in [6, 6.07) is -8.92. The van der Waals surface area contributed by atoms with Crippen LogP contribution in [0.25, 0.3) is 0 Å². The molecule has 0 aromatic carbocycles. The molecule has 12 saturated heterocycles. The maximum Gasteiger partial charge on any atom is 0.246 e. The largest absolute Gasteiger partial charge is 0.368 e. The molecule has 0 aliphatic carbocycles. The van der Waals surface area contributed by atoms with Crippen LogP contribution in [0.2, 0.25) is 0 Å². The van der Waals surface area contributed by atoms with Gasteiger partial charge in [-0.3, -0.25) is 57.5 Å². The van der Waals surface area contributed by atoms with Crippen molar-refractivity contribution in [3.8, 4) is 0 Å². The van der Waals surface area contributed by atoms with Gasteiger partial charge in [-0.15, -0.1) is 0 Å². The third-order valence-corrected chi connectivity index (χ3v) is 21.4. The van der Waals surface area contributed by atoms with Crippen molar-refractivity contribution in [1.82, 2.24) is 59.2 Å². The summed E-state index contributed by atoms with van der Waals surface area (Å²) in [4.78, 5) is 189. The van der Waals surface area contributed by atoms with Crippen LogP contribution >= 0.6 is 0 Å². The van der Waals surface area contributed by atoms with Crippen molar-refractivity contribution in [2.75, 3.05) is 78.5 Å². The summed E-state index contributed by atoms with van der Waals surface area (Å²) in [6.07, 6.45) is 13.0. The van der Waals surface area contributed by atoms with E-state index in [2.05, 4.69) is 5.32 Å². The fourth-order valence-electron chi connectivity index (χ4n) is 17.2. The number of nitrogens with one attached hydrogen (secondary N) is 1. The van der Waals surface area contributed by atoms with E-state index < -0.39 is 72.4 Å². The van der Waals surface area contributed by atoms with E-state index in [4.69, 9.17) is 5.73 Å². The molecule has 0 aromatic rings. The molecule has 12 heterocycles. The maximum atomic E-state index is 14.8. The van der Waals surface area contributed by atoms with Gasteiger partial charge in [0.2, 0.25) is 70.9 Å². The molecular weight excluding hydrogens is 1090 g/mol. The van der Waals surface area contributed by atoms with Gasteiger partial charge in [0.1, 0.15) is 66.5 Å². The van der Waals surface area contributed by atoms with Gasteiger partial charge in [-0.25, -0.2) is 0 Å². The Morgan fingerprint density at radius 1 is 0.224 bits per heavy atom. The summed E-state index contributed by atoms with van der Waals surface area (Å²) in [5.41, 5.74) is 5.63. The van der Waals surface area contributed by atoms with Crippen LogP contribution in [0.4, 0.5) is 0 Å². The van der Waals surface area contributed by atoms with E-state index in [-0.39, 0.29) is 71.0 Å². The van der Waals surface area contributed by atoms with E-state index in [1.807, 2.05) is 0 Å². The van der Waals surface area contributed by atoms with Gasteiger partial charge < -0.3 is 64.9 Å². The maximum absolute atomic E-state index is 14.8. The number of amides is 12. The van der Waals surface area contributed by atoms with Crippen LogP contribution in [0.15, 0.2) is 0 Å². The number of nitrogens with two attached hydrogens (primary N) is 1. The molecule has 12 atom stereocenters. The standard InChI is InChI=1S/C60H87N13O12/c61-49(74)38-14-2-26-63(38)51(76)40-16-4-28-65(40)53(78)42-18-6-30-67(42)55(80)44-20-8-32-69(44)57(82)46-22-10-34-71(46)59(84)48-24-12-36-73(48)60(85)47-23-11-35-72(47)58(83)45-21-9-33-70(45)56(81)43-19-7-31-68(43)54(79)41-17-5-29-66(41)52(77)39-15-3-27-64(39)50(75)37-13-1-25-62-37/h37-48,62H,1-36H2,(H2,61,74)/t37-,38-,39-,40-,41-,42-,43-,44-,45-,46-,47-,48-/m0/s1. The molecule has 12 aliphatic rings. The highest BCUT2D eigenvalue weighted by atomic mass is 16.2. The molecule has 0 unspecified atom stereocenters. The molecular formula is C60H87N13O12. The summed E-state index contributed by atoms with van der Waals surface area (Å²) >= 11 is 0. The second-order valence-electron chi connectivity index (χ2n) is 26.1. The van der Waals surface area contributed by atoms with Crippen LogP contribution in [0, 0.1) is 0 Å². The lowest BCUT2D eigenvalue weighted by atomic mass is 10.1. The quantitative estimate of drug-likeness (QED) is 0.241. The molecule has 3 N–H and O–H groups in total. The zero-order valence-corrected chi connectivity index (χ0v) is 49.3. The van der Waals surface area contributed by atoms with Gasteiger partial charge in [-0.05, 0) is 161 Å². The van der Waals surface area contributed by atoms with E-state index in [0.29, 0.717) is 213 Å². The van der Waals surface area contributed by atoms with Crippen LogP contribution in [0.5, 0.6) is 0 Å². The highest BCUT2D eigenvalue weighted by molar-refractivity contribution is 6.01. The number of likely N-dealkylation sites (tertiary alicyclic amines) is 11. The summed E-state index contributed by atoms with van der Waals surface area (Å²) in [7, 11) is 0. The average molecular weight is 1180 g/mol. The number of primary amides is 1. The number of nitrogens with zero attached hydrogens (tertiary/aromatic N) is 11. The number of rotatable bonds is 12. The van der Waals surface area contributed by atoms with Crippen molar-refractivity contribution < 1.29 is 57.5 Å². The molecule has 0 spiro atoms. The zero-order valence-electron chi connectivity index (χ0n) is 49.3. The Bertz CT molecular complexity index is 2710. The van der Waals surface area contributed by atoms with Crippen molar-refractivity contribution in [1.29, 1.82) is 0 Å². The summed E-state index contributed by atoms with van der Waals surface area (Å²) in [5.74, 6) is -3.67. The first kappa shape index (κ1) is 59.0. The van der Waals surface area contributed by atoms with E-state index >= 15 is 0 Å². The van der Waals surface area contributed by atoms with Gasteiger partial charge in [0.15, 0.2) is 0 Å². The Morgan fingerprint density at radius 3 is 0.553 bits per heavy atom. The first-order valence-electron chi connectivity index (χ1n) is 32.5. The number of carbonyl (C=O) groups is 12. The predicted molar refractivity (Wildman–Crippen MR) is 302 cm³/mol. The Kier molecular flexibility index (Phi) is 17.2. The molecule has 0 saturated carbocycles. The minimum absolute atomic E-state index is 0.0583. The lowest BCUT2D eigenvalue weighted by molar-refractivity contribution is -0.156. The fraction of sp³-hybridized carbons (Fsp3) is 0.800. The van der Waals surface area contributed by atoms with Gasteiger partial charge in [0.05, 0.1) is 6.04 Å². The SMILES string of the molecule is NC(=O)[C@@H]1CCCN1C(=O)[C@@H]1CCCN1C(=O)[C@@H]1CCCN1C(=O)[C@@H]1CCCN1C(=O)[C@@H]1CCCN1C(=O)[C@@H]1CCCN1C(=O)[C@@H]1CCCN1C(=O)[C@@H]1CCCN1C(=O)[C@@H]1CCCN1C(=O)[C@@H]1CCCN1C(=O)[C@@H]1CCCN1C(=O)[C@@H]1CCCN1. The molecule has 25 nitrogen and oxygen atoms in total. The van der Waals surface area contributed by atoms with Gasteiger partial charge >= 0.3 is 0 Å². The highest BCUT2D eigenvalue weighted by Crippen LogP contribution is 2.36. The topological polar surface area (TPSA) is 279 Å². The highest BCUT2D eigenvalue weighted by Gasteiger charge is 2.54. The Balaban J connectivity index is 0.664. The molecule has 25 heteroatoms. The number of hydrogen-bond acceptors (Lipinski definition) is 13. The molecule has 12 rings (SSSR count).